The lowest BCUT2D eigenvalue weighted by molar-refractivity contribution is -0.136. The number of benzene rings is 1. The number of rotatable bonds is 6. The van der Waals surface area contributed by atoms with Gasteiger partial charge in [-0.1, -0.05) is 19.1 Å². The molecule has 3 aliphatic rings. The molecule has 3 amide bonds. The number of hydrogen-bond acceptors (Lipinski definition) is 5. The summed E-state index contributed by atoms with van der Waals surface area (Å²) in [6.07, 6.45) is 1.82. The number of carbonyl (C=O) groups is 3. The quantitative estimate of drug-likeness (QED) is 0.502. The highest BCUT2D eigenvalue weighted by Gasteiger charge is 2.39. The van der Waals surface area contributed by atoms with Gasteiger partial charge in [0.05, 0.1) is 0 Å². The number of carbonyl (C=O) groups excluding carboxylic acids is 3. The lowest BCUT2D eigenvalue weighted by atomic mass is 9.81. The number of nitrogens with one attached hydrogen (secondary N) is 3. The van der Waals surface area contributed by atoms with Gasteiger partial charge in [-0.15, -0.1) is 0 Å². The van der Waals surface area contributed by atoms with Gasteiger partial charge in [0.25, 0.3) is 5.91 Å². The van der Waals surface area contributed by atoms with Crippen molar-refractivity contribution in [2.75, 3.05) is 19.6 Å². The summed E-state index contributed by atoms with van der Waals surface area (Å²) in [6, 6.07) is 5.34. The lowest BCUT2D eigenvalue weighted by Gasteiger charge is -2.39. The molecule has 1 atom stereocenters. The fraction of sp³-hybridized carbons (Fsp3) is 0.550. The van der Waals surface area contributed by atoms with E-state index >= 15 is 0 Å². The SMILES string of the molecule is CC1(CCNCc2ccc3c(c2)CN(C2CCC(=O)NC2=O)C3=O)CNC1. The Kier molecular flexibility index (Phi) is 4.74. The Morgan fingerprint density at radius 3 is 2.78 bits per heavy atom. The van der Waals surface area contributed by atoms with E-state index in [1.165, 1.54) is 0 Å². The topological polar surface area (TPSA) is 90.5 Å². The van der Waals surface area contributed by atoms with Crippen molar-refractivity contribution >= 4 is 17.7 Å². The van der Waals surface area contributed by atoms with Crippen molar-refractivity contribution in [2.45, 2.75) is 45.3 Å². The van der Waals surface area contributed by atoms with Crippen LogP contribution in [0.2, 0.25) is 0 Å². The molecule has 0 aromatic heterocycles. The van der Waals surface area contributed by atoms with E-state index in [4.69, 9.17) is 0 Å². The van der Waals surface area contributed by atoms with Crippen LogP contribution >= 0.6 is 0 Å². The molecule has 2 saturated heterocycles. The van der Waals surface area contributed by atoms with Gasteiger partial charge in [-0.2, -0.15) is 0 Å². The van der Waals surface area contributed by atoms with E-state index in [9.17, 15) is 14.4 Å². The molecular formula is C20H26N4O3. The molecule has 1 aromatic carbocycles. The van der Waals surface area contributed by atoms with Gasteiger partial charge < -0.3 is 15.5 Å². The molecule has 3 aliphatic heterocycles. The molecule has 0 saturated carbocycles. The highest BCUT2D eigenvalue weighted by atomic mass is 16.2. The first-order chi connectivity index (χ1) is 13.0. The van der Waals surface area contributed by atoms with Crippen molar-refractivity contribution < 1.29 is 14.4 Å². The minimum Gasteiger partial charge on any atom is -0.322 e. The second kappa shape index (κ2) is 7.05. The van der Waals surface area contributed by atoms with Gasteiger partial charge >= 0.3 is 0 Å². The molecule has 0 aliphatic carbocycles. The van der Waals surface area contributed by atoms with Crippen molar-refractivity contribution in [3.05, 3.63) is 34.9 Å². The zero-order valence-corrected chi connectivity index (χ0v) is 15.6. The van der Waals surface area contributed by atoms with Crippen LogP contribution in [0.4, 0.5) is 0 Å². The Hall–Kier alpha value is -2.25. The van der Waals surface area contributed by atoms with E-state index < -0.39 is 6.04 Å². The molecule has 1 unspecified atom stereocenters. The van der Waals surface area contributed by atoms with Gasteiger partial charge in [-0.25, -0.2) is 0 Å². The summed E-state index contributed by atoms with van der Waals surface area (Å²) in [5.41, 5.74) is 3.18. The third-order valence-corrected chi connectivity index (χ3v) is 5.93. The molecule has 3 heterocycles. The Labute approximate surface area is 158 Å². The van der Waals surface area contributed by atoms with Crippen molar-refractivity contribution in [2.24, 2.45) is 5.41 Å². The molecule has 7 nitrogen and oxygen atoms in total. The molecule has 3 N–H and O–H groups in total. The minimum absolute atomic E-state index is 0.121. The standard InChI is InChI=1S/C20H26N4O3/c1-20(11-22-12-20)6-7-21-9-13-2-3-15-14(8-13)10-24(19(15)27)16-4-5-17(25)23-18(16)26/h2-3,8,16,21-22H,4-7,9-12H2,1H3,(H,23,25,26). The number of amides is 3. The smallest absolute Gasteiger partial charge is 0.255 e. The molecule has 7 heteroatoms. The van der Waals surface area contributed by atoms with Crippen molar-refractivity contribution in [3.8, 4) is 0 Å². The first-order valence-electron chi connectivity index (χ1n) is 9.63. The normalized spacial score (nSPS) is 23.8. The lowest BCUT2D eigenvalue weighted by Crippen LogP contribution is -2.52. The summed E-state index contributed by atoms with van der Waals surface area (Å²) in [5, 5.41) is 9.14. The van der Waals surface area contributed by atoms with Crippen LogP contribution in [0, 0.1) is 5.41 Å². The number of fused-ring (bicyclic) bond motifs is 1. The summed E-state index contributed by atoms with van der Waals surface area (Å²) < 4.78 is 0. The molecule has 0 radical (unpaired) electrons. The maximum Gasteiger partial charge on any atom is 0.255 e. The third-order valence-electron chi connectivity index (χ3n) is 5.93. The fourth-order valence-electron chi connectivity index (χ4n) is 4.09. The van der Waals surface area contributed by atoms with E-state index in [1.54, 1.807) is 4.90 Å². The average molecular weight is 370 g/mol. The number of hydrogen-bond donors (Lipinski definition) is 3. The predicted molar refractivity (Wildman–Crippen MR) is 99.8 cm³/mol. The summed E-state index contributed by atoms with van der Waals surface area (Å²) in [5.74, 6) is -0.752. The summed E-state index contributed by atoms with van der Waals surface area (Å²) in [4.78, 5) is 37.7. The molecule has 2 fully saturated rings. The van der Waals surface area contributed by atoms with Crippen molar-refractivity contribution in [1.82, 2.24) is 20.9 Å². The zero-order chi connectivity index (χ0) is 19.0. The molecule has 0 spiro atoms. The number of imide groups is 1. The Bertz CT molecular complexity index is 787. The van der Waals surface area contributed by atoms with Gasteiger partial charge in [0, 0.05) is 38.2 Å². The van der Waals surface area contributed by atoms with Gasteiger partial charge in [0.15, 0.2) is 0 Å². The molecule has 144 valence electrons. The summed E-state index contributed by atoms with van der Waals surface area (Å²) in [6.45, 7) is 6.64. The summed E-state index contributed by atoms with van der Waals surface area (Å²) in [7, 11) is 0. The van der Waals surface area contributed by atoms with E-state index in [0.717, 1.165) is 43.7 Å². The number of nitrogens with zero attached hydrogens (tertiary/aromatic N) is 1. The van der Waals surface area contributed by atoms with Crippen LogP contribution in [-0.4, -0.2) is 48.3 Å². The highest BCUT2D eigenvalue weighted by Crippen LogP contribution is 2.28. The first-order valence-corrected chi connectivity index (χ1v) is 9.63. The fourth-order valence-corrected chi connectivity index (χ4v) is 4.09. The maximum atomic E-state index is 12.7. The highest BCUT2D eigenvalue weighted by molar-refractivity contribution is 6.05. The molecule has 27 heavy (non-hydrogen) atoms. The Balaban J connectivity index is 1.36. The van der Waals surface area contributed by atoms with Gasteiger partial charge in [-0.3, -0.25) is 19.7 Å². The minimum atomic E-state index is -0.555. The van der Waals surface area contributed by atoms with Crippen LogP contribution in [0.15, 0.2) is 18.2 Å². The molecular weight excluding hydrogens is 344 g/mol. The third kappa shape index (κ3) is 3.61. The Morgan fingerprint density at radius 2 is 2.07 bits per heavy atom. The van der Waals surface area contributed by atoms with Crippen LogP contribution in [0.1, 0.15) is 47.7 Å². The molecule has 4 rings (SSSR count). The first kappa shape index (κ1) is 18.1. The maximum absolute atomic E-state index is 12.7. The van der Waals surface area contributed by atoms with Crippen molar-refractivity contribution in [1.29, 1.82) is 0 Å². The van der Waals surface area contributed by atoms with E-state index in [0.29, 0.717) is 23.9 Å². The predicted octanol–water partition coefficient (Wildman–Crippen LogP) is 0.537. The zero-order valence-electron chi connectivity index (χ0n) is 15.6. The molecule has 0 bridgehead atoms. The van der Waals surface area contributed by atoms with Crippen LogP contribution in [0.5, 0.6) is 0 Å². The second-order valence-corrected chi connectivity index (χ2v) is 8.23. The van der Waals surface area contributed by atoms with Crippen LogP contribution in [0.25, 0.3) is 0 Å². The molecule has 1 aromatic rings. The summed E-state index contributed by atoms with van der Waals surface area (Å²) >= 11 is 0. The van der Waals surface area contributed by atoms with Crippen molar-refractivity contribution in [3.63, 3.8) is 0 Å². The van der Waals surface area contributed by atoms with Gasteiger partial charge in [0.2, 0.25) is 11.8 Å². The number of piperidine rings is 1. The van der Waals surface area contributed by atoms with E-state index in [-0.39, 0.29) is 24.1 Å². The van der Waals surface area contributed by atoms with E-state index in [2.05, 4.69) is 28.9 Å². The monoisotopic (exact) mass is 370 g/mol. The Morgan fingerprint density at radius 1 is 1.26 bits per heavy atom. The van der Waals surface area contributed by atoms with Crippen LogP contribution in [0.3, 0.4) is 0 Å². The van der Waals surface area contributed by atoms with Crippen LogP contribution < -0.4 is 16.0 Å². The second-order valence-electron chi connectivity index (χ2n) is 8.23. The van der Waals surface area contributed by atoms with E-state index in [1.807, 2.05) is 12.1 Å². The van der Waals surface area contributed by atoms with Crippen LogP contribution in [-0.2, 0) is 22.7 Å². The largest absolute Gasteiger partial charge is 0.322 e. The average Bonchev–Trinajstić information content (AvgIpc) is 2.93. The van der Waals surface area contributed by atoms with Gasteiger partial charge in [-0.05, 0) is 42.0 Å². The van der Waals surface area contributed by atoms with Gasteiger partial charge in [0.1, 0.15) is 6.04 Å².